The Morgan fingerprint density at radius 1 is 1.00 bits per heavy atom. The fourth-order valence-corrected chi connectivity index (χ4v) is 2.83. The van der Waals surface area contributed by atoms with E-state index in [-0.39, 0.29) is 31.0 Å². The van der Waals surface area contributed by atoms with Crippen LogP contribution in [0.15, 0.2) is 0 Å². The first-order valence-electron chi connectivity index (χ1n) is 2.58. The maximum Gasteiger partial charge on any atom is 1.00 e. The Morgan fingerprint density at radius 2 is 1.57 bits per heavy atom. The Balaban J connectivity index is 0. The van der Waals surface area contributed by atoms with Crippen molar-refractivity contribution in [1.29, 1.82) is 0 Å². The number of hydrogen-bond donors (Lipinski definition) is 0. The van der Waals surface area contributed by atoms with Gasteiger partial charge in [-0.2, -0.15) is 0 Å². The van der Waals surface area contributed by atoms with E-state index in [2.05, 4.69) is 0 Å². The Hall–Kier alpha value is 1.52. The Morgan fingerprint density at radius 3 is 1.71 bits per heavy atom. The van der Waals surface area contributed by atoms with Crippen molar-refractivity contribution in [3.05, 3.63) is 0 Å². The molecule has 0 nitrogen and oxygen atoms in total. The van der Waals surface area contributed by atoms with E-state index >= 15 is 0 Å². The molecule has 0 bridgehead atoms. The molecule has 0 amide bonds. The summed E-state index contributed by atoms with van der Waals surface area (Å²) in [6.45, 7) is 0. The van der Waals surface area contributed by atoms with Gasteiger partial charge >= 0.3 is 74.4 Å². The normalized spacial score (nSPS) is 20.6. The second kappa shape index (κ2) is 5.65. The smallest absolute Gasteiger partial charge is 1.00 e. The fourth-order valence-electron chi connectivity index (χ4n) is 0.687. The molecular formula is C5H11NaSe. The van der Waals surface area contributed by atoms with Gasteiger partial charge in [-0.05, 0) is 0 Å². The van der Waals surface area contributed by atoms with Crippen LogP contribution in [0.3, 0.4) is 0 Å². The average molecular weight is 173 g/mol. The fraction of sp³-hybridized carbons (Fsp3) is 1.00. The molecule has 0 atom stereocenters. The molecule has 1 rings (SSSR count). The van der Waals surface area contributed by atoms with Gasteiger partial charge in [-0.25, -0.2) is 0 Å². The molecule has 0 N–H and O–H groups in total. The molecule has 0 aliphatic carbocycles. The predicted molar refractivity (Wildman–Crippen MR) is 30.3 cm³/mol. The van der Waals surface area contributed by atoms with E-state index in [1.54, 1.807) is 10.6 Å². The van der Waals surface area contributed by atoms with Crippen LogP contribution in [0.5, 0.6) is 0 Å². The molecule has 0 unspecified atom stereocenters. The second-order valence-electron chi connectivity index (χ2n) is 1.67. The monoisotopic (exact) mass is 174 g/mol. The quantitative estimate of drug-likeness (QED) is 0.405. The van der Waals surface area contributed by atoms with Crippen molar-refractivity contribution >= 4 is 15.0 Å². The maximum atomic E-state index is 1.56. The van der Waals surface area contributed by atoms with Gasteiger partial charge < -0.3 is 1.43 Å². The van der Waals surface area contributed by atoms with Crippen molar-refractivity contribution in [2.75, 3.05) is 0 Å². The summed E-state index contributed by atoms with van der Waals surface area (Å²) in [5.74, 6) is 0. The van der Waals surface area contributed by atoms with Gasteiger partial charge in [0.2, 0.25) is 0 Å². The van der Waals surface area contributed by atoms with Crippen molar-refractivity contribution in [3.63, 3.8) is 0 Å². The van der Waals surface area contributed by atoms with E-state index in [1.165, 1.54) is 19.3 Å². The summed E-state index contributed by atoms with van der Waals surface area (Å²) in [7, 11) is 0. The first-order valence-corrected chi connectivity index (χ1v) is 5.00. The van der Waals surface area contributed by atoms with Crippen LogP contribution in [0.2, 0.25) is 10.6 Å². The summed E-state index contributed by atoms with van der Waals surface area (Å²) in [5.41, 5.74) is 0. The molecule has 0 spiro atoms. The molecule has 0 aromatic rings. The maximum absolute atomic E-state index is 1.56. The minimum absolute atomic E-state index is 0. The van der Waals surface area contributed by atoms with Crippen molar-refractivity contribution in [2.45, 2.75) is 29.9 Å². The molecule has 1 fully saturated rings. The molecule has 0 radical (unpaired) electrons. The Labute approximate surface area is 75.4 Å². The van der Waals surface area contributed by atoms with Crippen LogP contribution < -0.4 is 29.6 Å². The van der Waals surface area contributed by atoms with E-state index in [1.807, 2.05) is 0 Å². The van der Waals surface area contributed by atoms with Crippen molar-refractivity contribution < 1.29 is 31.0 Å². The van der Waals surface area contributed by atoms with Gasteiger partial charge in [-0.15, -0.1) is 0 Å². The third kappa shape index (κ3) is 4.05. The van der Waals surface area contributed by atoms with Crippen LogP contribution in [0.25, 0.3) is 0 Å². The third-order valence-electron chi connectivity index (χ3n) is 1.08. The summed E-state index contributed by atoms with van der Waals surface area (Å²) in [6.07, 6.45) is 4.57. The minimum atomic E-state index is 0. The van der Waals surface area contributed by atoms with Gasteiger partial charge in [-0.1, -0.05) is 0 Å². The predicted octanol–water partition coefficient (Wildman–Crippen LogP) is -1.17. The third-order valence-corrected chi connectivity index (χ3v) is 3.50. The molecule has 38 valence electrons. The van der Waals surface area contributed by atoms with E-state index in [0.29, 0.717) is 0 Å². The molecule has 7 heavy (non-hydrogen) atoms. The van der Waals surface area contributed by atoms with Gasteiger partial charge in [0.1, 0.15) is 0 Å². The first-order chi connectivity index (χ1) is 3.00. The van der Waals surface area contributed by atoms with Gasteiger partial charge in [0.05, 0.1) is 0 Å². The van der Waals surface area contributed by atoms with E-state index < -0.39 is 0 Å². The summed E-state index contributed by atoms with van der Waals surface area (Å²) >= 11 is 1.05. The largest absolute Gasteiger partial charge is 1.00 e. The van der Waals surface area contributed by atoms with Gasteiger partial charge in [-0.3, -0.25) is 0 Å². The standard InChI is InChI=1S/C5H10Se.Na.H/c1-2-4-6-5-3-1;;/h1-5H2;;/q;+1;-1. The number of rotatable bonds is 0. The molecule has 1 aliphatic heterocycles. The van der Waals surface area contributed by atoms with Crippen LogP contribution in [-0.4, -0.2) is 15.0 Å². The molecule has 2 heteroatoms. The summed E-state index contributed by atoms with van der Waals surface area (Å²) < 4.78 is 0. The van der Waals surface area contributed by atoms with E-state index in [0.717, 1.165) is 15.0 Å². The van der Waals surface area contributed by atoms with Crippen LogP contribution in [0, 0.1) is 0 Å². The molecule has 0 aromatic carbocycles. The van der Waals surface area contributed by atoms with Crippen LogP contribution in [0.4, 0.5) is 0 Å². The molecule has 1 aliphatic rings. The van der Waals surface area contributed by atoms with Crippen LogP contribution in [-0.2, 0) is 0 Å². The Kier molecular flexibility index (Phi) is 6.88. The summed E-state index contributed by atoms with van der Waals surface area (Å²) in [6, 6.07) is 0. The van der Waals surface area contributed by atoms with Crippen molar-refractivity contribution in [2.24, 2.45) is 0 Å². The van der Waals surface area contributed by atoms with Gasteiger partial charge in [0.25, 0.3) is 0 Å². The van der Waals surface area contributed by atoms with Gasteiger partial charge in [0, 0.05) is 0 Å². The molecule has 0 saturated carbocycles. The topological polar surface area (TPSA) is 0 Å². The van der Waals surface area contributed by atoms with Gasteiger partial charge in [0.15, 0.2) is 0 Å². The Bertz CT molecular complexity index is 27.9. The second-order valence-corrected chi connectivity index (χ2v) is 4.24. The SMILES string of the molecule is C1CC[Se]CC1.[H-].[Na+]. The zero-order chi connectivity index (χ0) is 4.24. The number of hydrogen-bond acceptors (Lipinski definition) is 0. The molecular weight excluding hydrogens is 162 g/mol. The van der Waals surface area contributed by atoms with E-state index in [4.69, 9.17) is 0 Å². The summed E-state index contributed by atoms with van der Waals surface area (Å²) in [4.78, 5) is 0. The minimum Gasteiger partial charge on any atom is -1.00 e. The van der Waals surface area contributed by atoms with E-state index in [9.17, 15) is 0 Å². The van der Waals surface area contributed by atoms with Crippen LogP contribution in [0.1, 0.15) is 20.7 Å². The molecule has 0 aromatic heterocycles. The molecule has 1 saturated heterocycles. The summed E-state index contributed by atoms with van der Waals surface area (Å²) in [5, 5.41) is 3.12. The van der Waals surface area contributed by atoms with Crippen molar-refractivity contribution in [1.82, 2.24) is 0 Å². The zero-order valence-electron chi connectivity index (χ0n) is 5.94. The average Bonchev–Trinajstić information content (AvgIpc) is 1.72. The zero-order valence-corrected chi connectivity index (χ0v) is 8.66. The van der Waals surface area contributed by atoms with Crippen molar-refractivity contribution in [3.8, 4) is 0 Å². The first kappa shape index (κ1) is 8.52. The van der Waals surface area contributed by atoms with Crippen LogP contribution >= 0.6 is 0 Å². The molecule has 1 heterocycles.